The van der Waals surface area contributed by atoms with Crippen molar-refractivity contribution < 1.29 is 32.1 Å². The van der Waals surface area contributed by atoms with Crippen molar-refractivity contribution >= 4 is 10.8 Å². The topological polar surface area (TPSA) is 36.9 Å². The van der Waals surface area contributed by atoms with Crippen LogP contribution in [0.15, 0.2) is 54.6 Å². The van der Waals surface area contributed by atoms with E-state index in [1.54, 1.807) is 24.3 Å². The second kappa shape index (κ2) is 11.7. The van der Waals surface area contributed by atoms with E-state index in [2.05, 4.69) is 11.7 Å². The first-order valence-electron chi connectivity index (χ1n) is 11.6. The molecule has 1 aliphatic heterocycles. The number of fused-ring (bicyclic) bond motifs is 1. The van der Waals surface area contributed by atoms with Gasteiger partial charge in [-0.2, -0.15) is 8.78 Å². The van der Waals surface area contributed by atoms with Crippen molar-refractivity contribution in [1.82, 2.24) is 0 Å². The summed E-state index contributed by atoms with van der Waals surface area (Å²) < 4.78 is 61.5. The van der Waals surface area contributed by atoms with Gasteiger partial charge in [-0.1, -0.05) is 49.7 Å². The molecular weight excluding hydrogens is 445 g/mol. The third kappa shape index (κ3) is 6.29. The Morgan fingerprint density at radius 1 is 0.971 bits per heavy atom. The summed E-state index contributed by atoms with van der Waals surface area (Å²) in [5.41, 5.74) is 2.36. The highest BCUT2D eigenvalue weighted by molar-refractivity contribution is 5.84. The lowest BCUT2D eigenvalue weighted by molar-refractivity contribution is -0.230. The maximum atomic E-state index is 15.2. The first-order valence-corrected chi connectivity index (χ1v) is 11.6. The van der Waals surface area contributed by atoms with E-state index in [1.165, 1.54) is 12.1 Å². The fourth-order valence-electron chi connectivity index (χ4n) is 3.98. The van der Waals surface area contributed by atoms with Gasteiger partial charge in [0, 0.05) is 17.6 Å². The van der Waals surface area contributed by atoms with Gasteiger partial charge >= 0.3 is 6.61 Å². The molecule has 0 N–H and O–H groups in total. The quantitative estimate of drug-likeness (QED) is 0.311. The highest BCUT2D eigenvalue weighted by Gasteiger charge is 2.24. The SMILES string of the molecule is CCCCOC1COC(c2ccc3c(F)c(CCc4ccc(OC(F)F)cc4)ccc3c2)OC1. The summed E-state index contributed by atoms with van der Waals surface area (Å²) in [6.07, 6.45) is 2.62. The summed E-state index contributed by atoms with van der Waals surface area (Å²) in [4.78, 5) is 0. The smallest absolute Gasteiger partial charge is 0.387 e. The van der Waals surface area contributed by atoms with Crippen LogP contribution < -0.4 is 4.74 Å². The highest BCUT2D eigenvalue weighted by Crippen LogP contribution is 2.29. The fourth-order valence-corrected chi connectivity index (χ4v) is 3.98. The Hall–Kier alpha value is -2.61. The van der Waals surface area contributed by atoms with E-state index in [0.717, 1.165) is 29.4 Å². The molecule has 34 heavy (non-hydrogen) atoms. The number of rotatable bonds is 10. The molecule has 3 aromatic carbocycles. The second-order valence-corrected chi connectivity index (χ2v) is 8.39. The average molecular weight is 475 g/mol. The van der Waals surface area contributed by atoms with E-state index >= 15 is 4.39 Å². The third-order valence-corrected chi connectivity index (χ3v) is 5.88. The van der Waals surface area contributed by atoms with E-state index in [-0.39, 0.29) is 17.7 Å². The van der Waals surface area contributed by atoms with E-state index in [1.807, 2.05) is 18.2 Å². The van der Waals surface area contributed by atoms with Crippen LogP contribution >= 0.6 is 0 Å². The molecule has 0 spiro atoms. The second-order valence-electron chi connectivity index (χ2n) is 8.39. The minimum atomic E-state index is -2.85. The molecule has 1 aliphatic rings. The van der Waals surface area contributed by atoms with Crippen LogP contribution in [0.2, 0.25) is 0 Å². The minimum absolute atomic E-state index is 0.0590. The van der Waals surface area contributed by atoms with Gasteiger partial charge < -0.3 is 18.9 Å². The molecule has 0 radical (unpaired) electrons. The van der Waals surface area contributed by atoms with Gasteiger partial charge in [-0.25, -0.2) is 4.39 Å². The number of aryl methyl sites for hydroxylation is 2. The van der Waals surface area contributed by atoms with Crippen LogP contribution in [-0.2, 0) is 27.1 Å². The molecule has 1 heterocycles. The van der Waals surface area contributed by atoms with Gasteiger partial charge in [0.05, 0.1) is 13.2 Å². The number of benzene rings is 3. The van der Waals surface area contributed by atoms with Crippen molar-refractivity contribution in [2.75, 3.05) is 19.8 Å². The van der Waals surface area contributed by atoms with Gasteiger partial charge in [-0.05, 0) is 54.0 Å². The molecule has 3 aromatic rings. The van der Waals surface area contributed by atoms with Crippen LogP contribution in [0, 0.1) is 5.82 Å². The first-order chi connectivity index (χ1) is 16.5. The number of ether oxygens (including phenoxy) is 4. The largest absolute Gasteiger partial charge is 0.435 e. The van der Waals surface area contributed by atoms with Gasteiger partial charge in [-0.15, -0.1) is 0 Å². The predicted molar refractivity (Wildman–Crippen MR) is 124 cm³/mol. The zero-order chi connectivity index (χ0) is 23.9. The molecule has 0 aromatic heterocycles. The molecule has 1 fully saturated rings. The zero-order valence-corrected chi connectivity index (χ0v) is 19.1. The van der Waals surface area contributed by atoms with Crippen LogP contribution in [0.4, 0.5) is 13.2 Å². The van der Waals surface area contributed by atoms with E-state index in [0.29, 0.717) is 43.6 Å². The summed E-state index contributed by atoms with van der Waals surface area (Å²) >= 11 is 0. The Balaban J connectivity index is 1.37. The molecule has 0 bridgehead atoms. The monoisotopic (exact) mass is 474 g/mol. The summed E-state index contributed by atoms with van der Waals surface area (Å²) in [6, 6.07) is 15.6. The molecule has 4 nitrogen and oxygen atoms in total. The molecule has 0 amide bonds. The Kier molecular flexibility index (Phi) is 8.43. The standard InChI is InChI=1S/C27H29F3O4/c1-2-3-14-31-23-16-32-26(33-17-23)21-10-13-24-20(15-21)9-8-19(25(24)28)7-4-18-5-11-22(12-6-18)34-27(29)30/h5-6,8-13,15,23,26-27H,2-4,7,14,16-17H2,1H3. The molecule has 7 heteroatoms. The van der Waals surface area contributed by atoms with Gasteiger partial charge in [-0.3, -0.25) is 0 Å². The van der Waals surface area contributed by atoms with Crippen LogP contribution in [0.5, 0.6) is 5.75 Å². The zero-order valence-electron chi connectivity index (χ0n) is 19.1. The van der Waals surface area contributed by atoms with E-state index in [4.69, 9.17) is 14.2 Å². The molecule has 0 saturated carbocycles. The third-order valence-electron chi connectivity index (χ3n) is 5.88. The summed E-state index contributed by atoms with van der Waals surface area (Å²) in [7, 11) is 0. The molecule has 0 atom stereocenters. The molecule has 0 aliphatic carbocycles. The van der Waals surface area contributed by atoms with Crippen molar-refractivity contribution in [3.8, 4) is 5.75 Å². The van der Waals surface area contributed by atoms with Crippen LogP contribution in [-0.4, -0.2) is 32.5 Å². The van der Waals surface area contributed by atoms with E-state index < -0.39 is 12.9 Å². The molecular formula is C27H29F3O4. The lowest BCUT2D eigenvalue weighted by atomic mass is 9.99. The lowest BCUT2D eigenvalue weighted by Gasteiger charge is -2.29. The summed E-state index contributed by atoms with van der Waals surface area (Å²) in [5.74, 6) is -0.145. The predicted octanol–water partition coefficient (Wildman–Crippen LogP) is 6.60. The Bertz CT molecular complexity index is 1060. The molecule has 1 saturated heterocycles. The number of unbranched alkanes of at least 4 members (excludes halogenated alkanes) is 1. The Morgan fingerprint density at radius 2 is 1.74 bits per heavy atom. The maximum absolute atomic E-state index is 15.2. The average Bonchev–Trinajstić information content (AvgIpc) is 2.85. The van der Waals surface area contributed by atoms with Crippen molar-refractivity contribution in [2.24, 2.45) is 0 Å². The minimum Gasteiger partial charge on any atom is -0.435 e. The Labute approximate surface area is 197 Å². The Morgan fingerprint density at radius 3 is 2.44 bits per heavy atom. The lowest BCUT2D eigenvalue weighted by Crippen LogP contribution is -2.33. The van der Waals surface area contributed by atoms with Crippen LogP contribution in [0.25, 0.3) is 10.8 Å². The molecule has 182 valence electrons. The van der Waals surface area contributed by atoms with Gasteiger partial charge in [0.2, 0.25) is 0 Å². The normalized spacial score (nSPS) is 18.5. The van der Waals surface area contributed by atoms with Gasteiger partial charge in [0.1, 0.15) is 17.7 Å². The van der Waals surface area contributed by atoms with Crippen molar-refractivity contribution in [3.63, 3.8) is 0 Å². The first kappa shape index (κ1) is 24.5. The van der Waals surface area contributed by atoms with Crippen LogP contribution in [0.1, 0.15) is 42.7 Å². The van der Waals surface area contributed by atoms with E-state index in [9.17, 15) is 8.78 Å². The number of hydrogen-bond acceptors (Lipinski definition) is 4. The van der Waals surface area contributed by atoms with Gasteiger partial charge in [0.25, 0.3) is 0 Å². The van der Waals surface area contributed by atoms with Crippen LogP contribution in [0.3, 0.4) is 0 Å². The summed E-state index contributed by atoms with van der Waals surface area (Å²) in [5, 5.41) is 1.32. The summed E-state index contributed by atoms with van der Waals surface area (Å²) in [6.45, 7) is 0.905. The highest BCUT2D eigenvalue weighted by atomic mass is 19.3. The number of alkyl halides is 2. The number of hydrogen-bond donors (Lipinski definition) is 0. The molecule has 4 rings (SSSR count). The fraction of sp³-hybridized carbons (Fsp3) is 0.407. The van der Waals surface area contributed by atoms with Crippen molar-refractivity contribution in [1.29, 1.82) is 0 Å². The molecule has 0 unspecified atom stereocenters. The maximum Gasteiger partial charge on any atom is 0.387 e. The van der Waals surface area contributed by atoms with Gasteiger partial charge in [0.15, 0.2) is 6.29 Å². The van der Waals surface area contributed by atoms with Crippen molar-refractivity contribution in [2.45, 2.75) is 51.6 Å². The van der Waals surface area contributed by atoms with Crippen molar-refractivity contribution in [3.05, 3.63) is 77.1 Å². The number of halogens is 3.